The quantitative estimate of drug-likeness (QED) is 0.400. The van der Waals surface area contributed by atoms with Crippen LogP contribution < -0.4 is 14.5 Å². The Morgan fingerprint density at radius 3 is 2.41 bits per heavy atom. The van der Waals surface area contributed by atoms with Crippen molar-refractivity contribution in [3.63, 3.8) is 0 Å². The van der Waals surface area contributed by atoms with Crippen LogP contribution in [0.1, 0.15) is 54.8 Å². The van der Waals surface area contributed by atoms with Crippen LogP contribution in [0.3, 0.4) is 0 Å². The van der Waals surface area contributed by atoms with Crippen LogP contribution in [-0.2, 0) is 7.05 Å². The van der Waals surface area contributed by atoms with Crippen LogP contribution in [0.25, 0.3) is 11.4 Å². The number of aliphatic hydroxyl groups is 1. The summed E-state index contributed by atoms with van der Waals surface area (Å²) in [4.78, 5) is 17.8. The van der Waals surface area contributed by atoms with E-state index in [0.29, 0.717) is 33.9 Å². The van der Waals surface area contributed by atoms with Gasteiger partial charge in [-0.3, -0.25) is 4.68 Å². The summed E-state index contributed by atoms with van der Waals surface area (Å²) in [6.07, 6.45) is 0.723. The molecule has 3 aromatic heterocycles. The fourth-order valence-corrected chi connectivity index (χ4v) is 5.11. The number of hydrogen-bond donors (Lipinski definition) is 1. The molecule has 10 nitrogen and oxygen atoms in total. The lowest BCUT2D eigenvalue weighted by molar-refractivity contribution is 0.172. The second-order valence-electron chi connectivity index (χ2n) is 9.66. The highest BCUT2D eigenvalue weighted by atomic mass is 35.5. The van der Waals surface area contributed by atoms with E-state index in [1.165, 1.54) is 0 Å². The maximum atomic E-state index is 11.7. The predicted molar refractivity (Wildman–Crippen MR) is 143 cm³/mol. The molecule has 0 saturated carbocycles. The fraction of sp³-hybridized carbons (Fsp3) is 0.385. The van der Waals surface area contributed by atoms with E-state index >= 15 is 0 Å². The summed E-state index contributed by atoms with van der Waals surface area (Å²) in [6.45, 7) is 6.12. The smallest absolute Gasteiger partial charge is 0.229 e. The molecule has 0 amide bonds. The topological polar surface area (TPSA) is 97.4 Å². The lowest BCUT2D eigenvalue weighted by atomic mass is 10.0. The molecule has 0 spiro atoms. The van der Waals surface area contributed by atoms with Gasteiger partial charge in [-0.05, 0) is 38.5 Å². The molecule has 1 aromatic carbocycles. The van der Waals surface area contributed by atoms with E-state index in [2.05, 4.69) is 33.5 Å². The second kappa shape index (κ2) is 9.35. The Morgan fingerprint density at radius 2 is 1.84 bits per heavy atom. The minimum atomic E-state index is -1.00. The Labute approximate surface area is 221 Å². The van der Waals surface area contributed by atoms with Crippen molar-refractivity contribution in [2.24, 2.45) is 7.05 Å². The average Bonchev–Trinajstić information content (AvgIpc) is 3.49. The van der Waals surface area contributed by atoms with Crippen molar-refractivity contribution in [1.82, 2.24) is 29.3 Å². The van der Waals surface area contributed by atoms with Gasteiger partial charge in [0.15, 0.2) is 6.23 Å². The van der Waals surface area contributed by atoms with Crippen LogP contribution in [-0.4, -0.2) is 55.6 Å². The number of nitrogens with zero attached hydrogens (tertiary/aromatic N) is 8. The van der Waals surface area contributed by atoms with E-state index in [1.807, 2.05) is 68.2 Å². The number of rotatable bonds is 6. The van der Waals surface area contributed by atoms with Crippen molar-refractivity contribution in [3.8, 4) is 17.3 Å². The van der Waals surface area contributed by atoms with Crippen molar-refractivity contribution < 1.29 is 9.84 Å². The number of aliphatic hydroxyl groups excluding tert-OH is 1. The minimum absolute atomic E-state index is 0.0136. The summed E-state index contributed by atoms with van der Waals surface area (Å²) in [5.41, 5.74) is 3.94. The first-order valence-electron chi connectivity index (χ1n) is 12.1. The first-order valence-corrected chi connectivity index (χ1v) is 12.4. The van der Waals surface area contributed by atoms with Crippen molar-refractivity contribution >= 4 is 23.4 Å². The number of aryl methyl sites for hydroxylation is 2. The van der Waals surface area contributed by atoms with Crippen molar-refractivity contribution in [1.29, 1.82) is 0 Å². The number of halogens is 1. The maximum absolute atomic E-state index is 11.7. The first kappa shape index (κ1) is 25.0. The molecule has 4 heterocycles. The first-order chi connectivity index (χ1) is 17.6. The lowest BCUT2D eigenvalue weighted by Crippen LogP contribution is -2.30. The third-order valence-electron chi connectivity index (χ3n) is 6.54. The van der Waals surface area contributed by atoms with Gasteiger partial charge in [0.05, 0.1) is 24.1 Å². The van der Waals surface area contributed by atoms with E-state index in [-0.39, 0.29) is 12.1 Å². The summed E-state index contributed by atoms with van der Waals surface area (Å²) in [5.74, 6) is 2.38. The van der Waals surface area contributed by atoms with Gasteiger partial charge in [-0.1, -0.05) is 23.7 Å². The van der Waals surface area contributed by atoms with Gasteiger partial charge in [0.2, 0.25) is 11.8 Å². The van der Waals surface area contributed by atoms with E-state index in [0.717, 1.165) is 22.8 Å². The largest absolute Gasteiger partial charge is 0.480 e. The molecule has 1 N–H and O–H groups in total. The normalized spacial score (nSPS) is 17.0. The van der Waals surface area contributed by atoms with Crippen molar-refractivity contribution in [2.75, 3.05) is 31.0 Å². The molecule has 0 saturated heterocycles. The van der Waals surface area contributed by atoms with Crippen molar-refractivity contribution in [3.05, 3.63) is 64.2 Å². The molecule has 5 rings (SSSR count). The lowest BCUT2D eigenvalue weighted by Gasteiger charge is -2.31. The van der Waals surface area contributed by atoms with Gasteiger partial charge >= 0.3 is 0 Å². The van der Waals surface area contributed by atoms with Gasteiger partial charge in [0.1, 0.15) is 23.4 Å². The zero-order chi connectivity index (χ0) is 26.6. The van der Waals surface area contributed by atoms with Gasteiger partial charge in [-0.25, -0.2) is 9.97 Å². The van der Waals surface area contributed by atoms with E-state index < -0.39 is 6.23 Å². The molecule has 0 bridgehead atoms. The molecule has 0 radical (unpaired) electrons. The van der Waals surface area contributed by atoms with E-state index in [4.69, 9.17) is 21.3 Å². The highest BCUT2D eigenvalue weighted by Crippen LogP contribution is 2.49. The molecule has 4 aromatic rings. The minimum Gasteiger partial charge on any atom is -0.480 e. The highest BCUT2D eigenvalue weighted by Gasteiger charge is 2.45. The summed E-state index contributed by atoms with van der Waals surface area (Å²) < 4.78 is 9.58. The molecule has 11 heteroatoms. The maximum Gasteiger partial charge on any atom is 0.229 e. The summed E-state index contributed by atoms with van der Waals surface area (Å²) in [6, 6.07) is 9.34. The number of imidazole rings is 1. The predicted octanol–water partition coefficient (Wildman–Crippen LogP) is 4.29. The van der Waals surface area contributed by atoms with E-state index in [1.54, 1.807) is 18.0 Å². The average molecular weight is 523 g/mol. The van der Waals surface area contributed by atoms with E-state index in [9.17, 15) is 5.11 Å². The SMILES string of the molecule is COc1nc(N(C)C)ncc1-c1nc2c(n1C(C)C)C(c1ccc(Cl)cc1)N(c1cc(C)nn1C)C2O. The van der Waals surface area contributed by atoms with Crippen LogP contribution in [0, 0.1) is 6.92 Å². The molecule has 37 heavy (non-hydrogen) atoms. The number of anilines is 2. The molecule has 2 unspecified atom stereocenters. The third kappa shape index (κ3) is 4.10. The summed E-state index contributed by atoms with van der Waals surface area (Å²) in [7, 11) is 7.21. The van der Waals surface area contributed by atoms with Crippen LogP contribution >= 0.6 is 11.6 Å². The van der Waals surface area contributed by atoms with Gasteiger partial charge < -0.3 is 24.2 Å². The van der Waals surface area contributed by atoms with Gasteiger partial charge in [0, 0.05) is 44.5 Å². The van der Waals surface area contributed by atoms with Gasteiger partial charge in [0.25, 0.3) is 0 Å². The number of hydrogen-bond acceptors (Lipinski definition) is 8. The highest BCUT2D eigenvalue weighted by molar-refractivity contribution is 6.30. The standard InChI is InChI=1S/C26H31ClN8O2/c1-14(2)34-22-20(29-23(34)18-13-28-26(32(4)5)30-24(18)37-7)25(36)35(19-12-15(3)31-33(19)6)21(22)16-8-10-17(27)11-9-16/h8-14,21,25,36H,1-7H3. The fourth-order valence-electron chi connectivity index (χ4n) is 4.98. The van der Waals surface area contributed by atoms with Crippen LogP contribution in [0.4, 0.5) is 11.8 Å². The Morgan fingerprint density at radius 1 is 1.14 bits per heavy atom. The number of methoxy groups -OCH3 is 1. The number of benzene rings is 1. The third-order valence-corrected chi connectivity index (χ3v) is 6.79. The Hall–Kier alpha value is -3.63. The van der Waals surface area contributed by atoms with Crippen molar-refractivity contribution in [2.45, 2.75) is 39.1 Å². The monoisotopic (exact) mass is 522 g/mol. The van der Waals surface area contributed by atoms with Crippen LogP contribution in [0.15, 0.2) is 36.5 Å². The molecule has 0 aliphatic carbocycles. The second-order valence-corrected chi connectivity index (χ2v) is 10.1. The molecule has 0 fully saturated rings. The number of aromatic nitrogens is 6. The molecular weight excluding hydrogens is 492 g/mol. The summed E-state index contributed by atoms with van der Waals surface area (Å²) >= 11 is 6.24. The Balaban J connectivity index is 1.76. The zero-order valence-electron chi connectivity index (χ0n) is 22.0. The van der Waals surface area contributed by atoms with Gasteiger partial charge in [-0.15, -0.1) is 0 Å². The van der Waals surface area contributed by atoms with Crippen LogP contribution in [0.2, 0.25) is 5.02 Å². The molecule has 1 aliphatic rings. The number of ether oxygens (including phenoxy) is 1. The van der Waals surface area contributed by atoms with Gasteiger partial charge in [-0.2, -0.15) is 10.1 Å². The molecule has 194 valence electrons. The molecule has 2 atom stereocenters. The summed E-state index contributed by atoms with van der Waals surface area (Å²) in [5, 5.41) is 16.9. The Kier molecular flexibility index (Phi) is 6.33. The number of fused-ring (bicyclic) bond motifs is 1. The molecular formula is C26H31ClN8O2. The van der Waals surface area contributed by atoms with Crippen LogP contribution in [0.5, 0.6) is 5.88 Å². The molecule has 1 aliphatic heterocycles. The Bertz CT molecular complexity index is 1440. The zero-order valence-corrected chi connectivity index (χ0v) is 22.8.